The molecule has 1 aromatic heterocycles. The second kappa shape index (κ2) is 9.37. The van der Waals surface area contributed by atoms with Crippen molar-refractivity contribution in [3.05, 3.63) is 115 Å². The summed E-state index contributed by atoms with van der Waals surface area (Å²) < 4.78 is 14.5. The fraction of sp³-hybridized carbons (Fsp3) is 0.0800. The van der Waals surface area contributed by atoms with Crippen molar-refractivity contribution in [2.24, 2.45) is 0 Å². The van der Waals surface area contributed by atoms with E-state index in [1.165, 1.54) is 0 Å². The van der Waals surface area contributed by atoms with Gasteiger partial charge in [0.25, 0.3) is 0 Å². The maximum atomic E-state index is 12.5. The molecule has 0 saturated carbocycles. The van der Waals surface area contributed by atoms with Crippen LogP contribution in [0.15, 0.2) is 108 Å². The van der Waals surface area contributed by atoms with Crippen molar-refractivity contribution in [3.63, 3.8) is 0 Å². The van der Waals surface area contributed by atoms with E-state index in [0.29, 0.717) is 17.9 Å². The van der Waals surface area contributed by atoms with E-state index >= 15 is 0 Å². The van der Waals surface area contributed by atoms with Gasteiger partial charge in [-0.3, -0.25) is 9.00 Å². The lowest BCUT2D eigenvalue weighted by Crippen LogP contribution is -2.14. The van der Waals surface area contributed by atoms with Crippen molar-refractivity contribution in [3.8, 4) is 5.69 Å². The molecular formula is C25H22N2O2S. The van der Waals surface area contributed by atoms with Crippen LogP contribution in [0.25, 0.3) is 5.69 Å². The first-order valence-corrected chi connectivity index (χ1v) is 11.0. The van der Waals surface area contributed by atoms with Crippen LogP contribution in [0.2, 0.25) is 0 Å². The highest BCUT2D eigenvalue weighted by Crippen LogP contribution is 2.17. The molecule has 3 aromatic carbocycles. The van der Waals surface area contributed by atoms with E-state index < -0.39 is 10.8 Å². The molecule has 1 N–H and O–H groups in total. The van der Waals surface area contributed by atoms with Gasteiger partial charge < -0.3 is 9.88 Å². The predicted molar refractivity (Wildman–Crippen MR) is 121 cm³/mol. The van der Waals surface area contributed by atoms with Crippen LogP contribution in [0.3, 0.4) is 0 Å². The molecule has 0 radical (unpaired) electrons. The number of carbonyl (C=O) groups excluding carboxylic acids is 1. The number of aromatic nitrogens is 1. The van der Waals surface area contributed by atoms with Crippen LogP contribution in [0.5, 0.6) is 0 Å². The number of benzene rings is 3. The standard InChI is InChI=1S/C25H22N2O2S/c28-25(18-20-11-13-23(14-12-20)27-15-4-5-16-27)26-22-8-6-7-21(17-22)19-30(29)24-9-2-1-3-10-24/h1-17H,18-19H2,(H,26,28). The third-order valence-corrected chi connectivity index (χ3v) is 6.11. The highest BCUT2D eigenvalue weighted by Gasteiger charge is 2.08. The van der Waals surface area contributed by atoms with Crippen LogP contribution in [-0.2, 0) is 27.8 Å². The van der Waals surface area contributed by atoms with Gasteiger partial charge in [-0.1, -0.05) is 42.5 Å². The lowest BCUT2D eigenvalue weighted by Gasteiger charge is -2.09. The van der Waals surface area contributed by atoms with Gasteiger partial charge in [-0.25, -0.2) is 0 Å². The van der Waals surface area contributed by atoms with E-state index in [1.807, 2.05) is 108 Å². The third-order valence-electron chi connectivity index (χ3n) is 4.72. The SMILES string of the molecule is O=C(Cc1ccc(-n2cccc2)cc1)Nc1cccc(CS(=O)c2ccccc2)c1. The van der Waals surface area contributed by atoms with Gasteiger partial charge in [-0.05, 0) is 59.7 Å². The van der Waals surface area contributed by atoms with E-state index in [9.17, 15) is 9.00 Å². The Morgan fingerprint density at radius 3 is 2.27 bits per heavy atom. The number of hydrogen-bond donors (Lipinski definition) is 1. The molecular weight excluding hydrogens is 392 g/mol. The summed E-state index contributed by atoms with van der Waals surface area (Å²) in [5, 5.41) is 2.94. The zero-order valence-corrected chi connectivity index (χ0v) is 17.2. The zero-order chi connectivity index (χ0) is 20.8. The molecule has 1 unspecified atom stereocenters. The molecule has 0 aliphatic heterocycles. The predicted octanol–water partition coefficient (Wildman–Crippen LogP) is 4.97. The van der Waals surface area contributed by atoms with Gasteiger partial charge >= 0.3 is 0 Å². The molecule has 4 aromatic rings. The minimum Gasteiger partial charge on any atom is -0.326 e. The average Bonchev–Trinajstić information content (AvgIpc) is 3.30. The highest BCUT2D eigenvalue weighted by atomic mass is 32.2. The number of amides is 1. The van der Waals surface area contributed by atoms with Gasteiger partial charge in [0.2, 0.25) is 5.91 Å². The van der Waals surface area contributed by atoms with Crippen molar-refractivity contribution in [2.75, 3.05) is 5.32 Å². The van der Waals surface area contributed by atoms with E-state index in [2.05, 4.69) is 5.32 Å². The van der Waals surface area contributed by atoms with Crippen LogP contribution < -0.4 is 5.32 Å². The molecule has 5 heteroatoms. The smallest absolute Gasteiger partial charge is 0.228 e. The number of carbonyl (C=O) groups is 1. The Labute approximate surface area is 178 Å². The van der Waals surface area contributed by atoms with Crippen LogP contribution >= 0.6 is 0 Å². The molecule has 30 heavy (non-hydrogen) atoms. The van der Waals surface area contributed by atoms with Gasteiger partial charge in [-0.15, -0.1) is 0 Å². The van der Waals surface area contributed by atoms with Crippen LogP contribution in [-0.4, -0.2) is 14.7 Å². The third kappa shape index (κ3) is 5.13. The minimum atomic E-state index is -1.12. The summed E-state index contributed by atoms with van der Waals surface area (Å²) in [5.74, 6) is 0.333. The van der Waals surface area contributed by atoms with Gasteiger partial charge in [-0.2, -0.15) is 0 Å². The molecule has 1 amide bonds. The maximum absolute atomic E-state index is 12.5. The first-order chi connectivity index (χ1) is 14.7. The van der Waals surface area contributed by atoms with E-state index in [0.717, 1.165) is 21.7 Å². The first-order valence-electron chi connectivity index (χ1n) is 9.72. The summed E-state index contributed by atoms with van der Waals surface area (Å²) in [6.45, 7) is 0. The fourth-order valence-corrected chi connectivity index (χ4v) is 4.34. The molecule has 0 fully saturated rings. The minimum absolute atomic E-state index is 0.0787. The van der Waals surface area contributed by atoms with Crippen LogP contribution in [0.4, 0.5) is 5.69 Å². The van der Waals surface area contributed by atoms with Crippen molar-refractivity contribution in [1.82, 2.24) is 4.57 Å². The zero-order valence-electron chi connectivity index (χ0n) is 16.4. The molecule has 4 rings (SSSR count). The first kappa shape index (κ1) is 19.9. The van der Waals surface area contributed by atoms with Crippen molar-refractivity contribution >= 4 is 22.4 Å². The summed E-state index contributed by atoms with van der Waals surface area (Å²) >= 11 is 0. The van der Waals surface area contributed by atoms with Crippen molar-refractivity contribution < 1.29 is 9.00 Å². The number of nitrogens with zero attached hydrogens (tertiary/aromatic N) is 1. The lowest BCUT2D eigenvalue weighted by atomic mass is 10.1. The molecule has 0 saturated heterocycles. The molecule has 0 aliphatic carbocycles. The van der Waals surface area contributed by atoms with Gasteiger partial charge in [0, 0.05) is 28.7 Å². The molecule has 0 spiro atoms. The summed E-state index contributed by atoms with van der Waals surface area (Å²) in [4.78, 5) is 13.3. The Balaban J connectivity index is 1.36. The van der Waals surface area contributed by atoms with Crippen molar-refractivity contribution in [1.29, 1.82) is 0 Å². The average molecular weight is 415 g/mol. The Morgan fingerprint density at radius 1 is 0.800 bits per heavy atom. The molecule has 150 valence electrons. The van der Waals surface area contributed by atoms with Gasteiger partial charge in [0.05, 0.1) is 23.0 Å². The molecule has 1 atom stereocenters. The van der Waals surface area contributed by atoms with E-state index in [4.69, 9.17) is 0 Å². The molecule has 4 nitrogen and oxygen atoms in total. The van der Waals surface area contributed by atoms with E-state index in [1.54, 1.807) is 0 Å². The monoisotopic (exact) mass is 414 g/mol. The largest absolute Gasteiger partial charge is 0.326 e. The number of nitrogens with one attached hydrogen (secondary N) is 1. The Morgan fingerprint density at radius 2 is 1.53 bits per heavy atom. The highest BCUT2D eigenvalue weighted by molar-refractivity contribution is 7.84. The summed E-state index contributed by atoms with van der Waals surface area (Å²) in [6, 6.07) is 28.8. The Kier molecular flexibility index (Phi) is 6.20. The Hall–Kier alpha value is -3.44. The molecule has 1 heterocycles. The maximum Gasteiger partial charge on any atom is 0.228 e. The van der Waals surface area contributed by atoms with E-state index in [-0.39, 0.29) is 5.91 Å². The quantitative estimate of drug-likeness (QED) is 0.464. The summed E-state index contributed by atoms with van der Waals surface area (Å²) in [6.07, 6.45) is 4.27. The Bertz CT molecular complexity index is 1140. The number of anilines is 1. The van der Waals surface area contributed by atoms with Crippen LogP contribution in [0, 0.1) is 0 Å². The topological polar surface area (TPSA) is 51.1 Å². The van der Waals surface area contributed by atoms with Crippen molar-refractivity contribution in [2.45, 2.75) is 17.1 Å². The van der Waals surface area contributed by atoms with Gasteiger partial charge in [0.15, 0.2) is 0 Å². The second-order valence-electron chi connectivity index (χ2n) is 6.99. The number of hydrogen-bond acceptors (Lipinski definition) is 2. The fourth-order valence-electron chi connectivity index (χ4n) is 3.23. The van der Waals surface area contributed by atoms with Crippen LogP contribution in [0.1, 0.15) is 11.1 Å². The molecule has 0 bridgehead atoms. The second-order valence-corrected chi connectivity index (χ2v) is 8.44. The van der Waals surface area contributed by atoms with Gasteiger partial charge in [0.1, 0.15) is 0 Å². The molecule has 0 aliphatic rings. The lowest BCUT2D eigenvalue weighted by molar-refractivity contribution is -0.115. The summed E-state index contributed by atoms with van der Waals surface area (Å²) in [7, 11) is -1.12. The summed E-state index contributed by atoms with van der Waals surface area (Å²) in [5.41, 5.74) is 3.64. The normalized spacial score (nSPS) is 11.7. The number of rotatable bonds is 7.